The summed E-state index contributed by atoms with van der Waals surface area (Å²) in [7, 11) is 3.43. The third-order valence-electron chi connectivity index (χ3n) is 7.84. The van der Waals surface area contributed by atoms with Crippen LogP contribution in [0.5, 0.6) is 5.95 Å². The molecule has 9 heteroatoms. The maximum atomic E-state index is 12.2. The normalized spacial score (nSPS) is 10.5. The zero-order valence-electron chi connectivity index (χ0n) is 29.2. The minimum atomic E-state index is -0.674. The third kappa shape index (κ3) is 17.9. The van der Waals surface area contributed by atoms with Crippen LogP contribution in [0, 0.1) is 0 Å². The number of hydrogen-bond acceptors (Lipinski definition) is 6. The summed E-state index contributed by atoms with van der Waals surface area (Å²) in [6.45, 7) is 3.55. The number of alkyl halides is 1. The van der Waals surface area contributed by atoms with Gasteiger partial charge < -0.3 is 23.7 Å². The number of hydrogen-bond donors (Lipinski definition) is 0. The quantitative estimate of drug-likeness (QED) is 0.0597. The molecule has 2 aromatic carbocycles. The van der Waals surface area contributed by atoms with E-state index in [0.717, 1.165) is 24.0 Å². The van der Waals surface area contributed by atoms with Gasteiger partial charge in [0.1, 0.15) is 5.88 Å². The number of likely N-dealkylation sites (N-methyl/N-ethyl adjacent to an activating group) is 1. The number of carbonyl (C=O) groups excluding carboxylic acids is 3. The van der Waals surface area contributed by atoms with Gasteiger partial charge in [-0.15, -0.1) is 11.6 Å². The first kappa shape index (κ1) is 40.4. The van der Waals surface area contributed by atoms with Crippen molar-refractivity contribution in [2.24, 2.45) is 0 Å². The van der Waals surface area contributed by atoms with E-state index in [4.69, 9.17) is 25.5 Å². The molecule has 0 saturated carbocycles. The van der Waals surface area contributed by atoms with Crippen LogP contribution < -0.4 is 4.74 Å². The lowest BCUT2D eigenvalue weighted by Crippen LogP contribution is -2.30. The Balaban J connectivity index is 0.000000513. The van der Waals surface area contributed by atoms with Crippen LogP contribution in [0.25, 0.3) is 0 Å². The Kier molecular flexibility index (Phi) is 21.3. The van der Waals surface area contributed by atoms with E-state index in [2.05, 4.69) is 6.92 Å². The zero-order valence-corrected chi connectivity index (χ0v) is 29.9. The summed E-state index contributed by atoms with van der Waals surface area (Å²) < 4.78 is 16.1. The molecule has 3 aromatic rings. The number of ether oxygens (including phenoxy) is 2. The fraction of sp³-hybridized carbons (Fsp3) is 0.513. The van der Waals surface area contributed by atoms with Crippen molar-refractivity contribution in [3.05, 3.63) is 89.7 Å². The van der Waals surface area contributed by atoms with E-state index in [1.807, 2.05) is 60.7 Å². The molecule has 0 unspecified atom stereocenters. The Morgan fingerprint density at radius 1 is 0.646 bits per heavy atom. The van der Waals surface area contributed by atoms with E-state index in [-0.39, 0.29) is 30.1 Å². The first-order valence-electron chi connectivity index (χ1n) is 17.4. The van der Waals surface area contributed by atoms with Crippen LogP contribution in [0.15, 0.2) is 77.2 Å². The van der Waals surface area contributed by atoms with Crippen molar-refractivity contribution in [2.45, 2.75) is 97.1 Å². The van der Waals surface area contributed by atoms with Gasteiger partial charge in [0.25, 0.3) is 11.9 Å². The van der Waals surface area contributed by atoms with Crippen LogP contribution in [0.1, 0.15) is 106 Å². The highest BCUT2D eigenvalue weighted by Crippen LogP contribution is 2.18. The SMILES string of the molecule is CCCCCCCCCCCCCCOc1ccc(C(=O)OCC(=O)N(C)Cc2ccccc2)o1.CN(Cc1ccccc1)C(=O)CCl. The Morgan fingerprint density at radius 2 is 1.12 bits per heavy atom. The van der Waals surface area contributed by atoms with Gasteiger partial charge in [0, 0.05) is 33.3 Å². The first-order chi connectivity index (χ1) is 23.3. The van der Waals surface area contributed by atoms with Gasteiger partial charge in [0.05, 0.1) is 6.61 Å². The second-order valence-corrected chi connectivity index (χ2v) is 12.3. The number of halogens is 1. The van der Waals surface area contributed by atoms with E-state index >= 15 is 0 Å². The Morgan fingerprint density at radius 3 is 1.62 bits per heavy atom. The van der Waals surface area contributed by atoms with Crippen molar-refractivity contribution in [2.75, 3.05) is 33.2 Å². The molecule has 0 spiro atoms. The van der Waals surface area contributed by atoms with Gasteiger partial charge in [-0.25, -0.2) is 4.79 Å². The lowest BCUT2D eigenvalue weighted by atomic mass is 10.1. The predicted octanol–water partition coefficient (Wildman–Crippen LogP) is 9.06. The summed E-state index contributed by atoms with van der Waals surface area (Å²) in [5.74, 6) is -0.626. The van der Waals surface area contributed by atoms with Crippen LogP contribution in [-0.4, -0.2) is 60.8 Å². The second kappa shape index (κ2) is 25.3. The summed E-state index contributed by atoms with van der Waals surface area (Å²) in [6.07, 6.45) is 15.5. The molecule has 48 heavy (non-hydrogen) atoms. The molecule has 0 N–H and O–H groups in total. The zero-order chi connectivity index (χ0) is 34.8. The molecule has 3 rings (SSSR count). The average molecular weight is 683 g/mol. The maximum Gasteiger partial charge on any atom is 0.374 e. The van der Waals surface area contributed by atoms with Gasteiger partial charge in [-0.1, -0.05) is 138 Å². The summed E-state index contributed by atoms with van der Waals surface area (Å²) in [6, 6.07) is 22.6. The van der Waals surface area contributed by atoms with Crippen molar-refractivity contribution in [3.8, 4) is 5.95 Å². The standard InChI is InChI=1S/C29H43NO5.C10H12ClNO/c1-3-4-5-6-7-8-9-10-11-12-13-17-22-33-28-21-20-26(35-28)29(32)34-24-27(31)30(2)23-25-18-15-14-16-19-25;1-12(10(13)7-11)8-9-5-3-2-4-6-9/h14-16,18-21H,3-13,17,22-24H2,1-2H3;2-6H,7-8H2,1H3. The molecule has 1 heterocycles. The molecule has 0 saturated heterocycles. The van der Waals surface area contributed by atoms with Crippen LogP contribution in [0.3, 0.4) is 0 Å². The largest absolute Gasteiger partial charge is 0.465 e. The minimum absolute atomic E-state index is 0.0354. The minimum Gasteiger partial charge on any atom is -0.465 e. The van der Waals surface area contributed by atoms with Gasteiger partial charge >= 0.3 is 5.97 Å². The molecule has 0 fully saturated rings. The predicted molar refractivity (Wildman–Crippen MR) is 192 cm³/mol. The molecule has 0 bridgehead atoms. The molecule has 1 aromatic heterocycles. The number of nitrogens with zero attached hydrogens (tertiary/aromatic N) is 2. The summed E-state index contributed by atoms with van der Waals surface area (Å²) >= 11 is 5.42. The molecule has 264 valence electrons. The van der Waals surface area contributed by atoms with E-state index in [1.165, 1.54) is 75.2 Å². The number of esters is 1. The number of benzene rings is 2. The number of unbranched alkanes of at least 4 members (excludes halogenated alkanes) is 11. The maximum absolute atomic E-state index is 12.2. The molecule has 2 amide bonds. The highest BCUT2D eigenvalue weighted by Gasteiger charge is 2.17. The second-order valence-electron chi connectivity index (χ2n) is 12.0. The van der Waals surface area contributed by atoms with Crippen LogP contribution in [0.4, 0.5) is 0 Å². The van der Waals surface area contributed by atoms with E-state index in [0.29, 0.717) is 25.6 Å². The number of carbonyl (C=O) groups is 3. The van der Waals surface area contributed by atoms with E-state index in [9.17, 15) is 14.4 Å². The molecule has 0 atom stereocenters. The van der Waals surface area contributed by atoms with Gasteiger partial charge in [0.15, 0.2) is 6.61 Å². The van der Waals surface area contributed by atoms with Gasteiger partial charge in [-0.3, -0.25) is 9.59 Å². The Hall–Kier alpha value is -3.78. The summed E-state index contributed by atoms with van der Waals surface area (Å²) in [5.41, 5.74) is 2.12. The highest BCUT2D eigenvalue weighted by atomic mass is 35.5. The fourth-order valence-electron chi connectivity index (χ4n) is 4.92. The van der Waals surface area contributed by atoms with Crippen LogP contribution in [0.2, 0.25) is 0 Å². The van der Waals surface area contributed by atoms with Gasteiger partial charge in [0.2, 0.25) is 11.7 Å². The van der Waals surface area contributed by atoms with Crippen molar-refractivity contribution >= 4 is 29.4 Å². The summed E-state index contributed by atoms with van der Waals surface area (Å²) in [5, 5.41) is 0. The molecule has 8 nitrogen and oxygen atoms in total. The Bertz CT molecular complexity index is 1280. The van der Waals surface area contributed by atoms with Crippen molar-refractivity contribution in [1.29, 1.82) is 0 Å². The van der Waals surface area contributed by atoms with Crippen LogP contribution in [-0.2, 0) is 27.4 Å². The number of amides is 2. The molecule has 0 radical (unpaired) electrons. The van der Waals surface area contributed by atoms with Crippen molar-refractivity contribution < 1.29 is 28.3 Å². The molecular weight excluding hydrogens is 628 g/mol. The smallest absolute Gasteiger partial charge is 0.374 e. The van der Waals surface area contributed by atoms with E-state index < -0.39 is 5.97 Å². The van der Waals surface area contributed by atoms with Crippen molar-refractivity contribution in [3.63, 3.8) is 0 Å². The molecular formula is C39H55ClN2O6. The molecule has 0 aliphatic heterocycles. The molecule has 0 aliphatic carbocycles. The fourth-order valence-corrected chi connectivity index (χ4v) is 5.13. The number of rotatable bonds is 22. The van der Waals surface area contributed by atoms with Gasteiger partial charge in [-0.2, -0.15) is 0 Å². The lowest BCUT2D eigenvalue weighted by molar-refractivity contribution is -0.133. The van der Waals surface area contributed by atoms with Crippen molar-refractivity contribution in [1.82, 2.24) is 9.80 Å². The lowest BCUT2D eigenvalue weighted by Gasteiger charge is -2.16. The third-order valence-corrected chi connectivity index (χ3v) is 8.07. The topological polar surface area (TPSA) is 89.3 Å². The summed E-state index contributed by atoms with van der Waals surface area (Å²) in [4.78, 5) is 38.7. The van der Waals surface area contributed by atoms with Crippen LogP contribution >= 0.6 is 11.6 Å². The van der Waals surface area contributed by atoms with E-state index in [1.54, 1.807) is 25.1 Å². The molecule has 0 aliphatic rings. The Labute approximate surface area is 292 Å². The van der Waals surface area contributed by atoms with Gasteiger partial charge in [-0.05, 0) is 23.6 Å². The monoisotopic (exact) mass is 682 g/mol. The average Bonchev–Trinajstić information content (AvgIpc) is 3.59. The highest BCUT2D eigenvalue weighted by molar-refractivity contribution is 6.27. The number of furan rings is 1. The first-order valence-corrected chi connectivity index (χ1v) is 17.9.